The number of imidazole rings is 1. The third kappa shape index (κ3) is 4.65. The largest absolute Gasteiger partial charge is 0.416 e. The molecule has 3 aromatic heterocycles. The molecule has 5 rings (SSSR count). The Morgan fingerprint density at radius 3 is 2.66 bits per heavy atom. The third-order valence-corrected chi connectivity index (χ3v) is 6.09. The number of halogens is 3. The number of aromatic nitrogens is 4. The fraction of sp³-hybridized carbons (Fsp3) is 0.120. The zero-order valence-corrected chi connectivity index (χ0v) is 19.2. The van der Waals surface area contributed by atoms with Crippen LogP contribution in [-0.2, 0) is 12.7 Å². The Bertz CT molecular complexity index is 1530. The molecule has 2 aromatic carbocycles. The standard InChI is InChI=1S/C25H18F3N5OS/c1-15(34)17-5-3-6-18(11-17)22-31-23(29-12-16-4-2-7-19(10-16)25(26,27)28)21-24(32-22)33(14-30-21)20-8-9-35-13-20/h2-11,13-14H,12H2,1H3,(H,29,31,32). The van der Waals surface area contributed by atoms with E-state index in [4.69, 9.17) is 4.98 Å². The van der Waals surface area contributed by atoms with Crippen molar-refractivity contribution in [2.24, 2.45) is 0 Å². The van der Waals surface area contributed by atoms with E-state index in [-0.39, 0.29) is 12.3 Å². The van der Waals surface area contributed by atoms with Crippen molar-refractivity contribution in [3.63, 3.8) is 0 Å². The molecule has 0 amide bonds. The molecular weight excluding hydrogens is 475 g/mol. The van der Waals surface area contributed by atoms with Crippen LogP contribution in [0, 0.1) is 0 Å². The van der Waals surface area contributed by atoms with Crippen molar-refractivity contribution in [2.75, 3.05) is 5.32 Å². The first-order chi connectivity index (χ1) is 16.8. The molecule has 35 heavy (non-hydrogen) atoms. The van der Waals surface area contributed by atoms with Crippen LogP contribution < -0.4 is 5.32 Å². The molecule has 0 spiro atoms. The third-order valence-electron chi connectivity index (χ3n) is 5.42. The average molecular weight is 494 g/mol. The van der Waals surface area contributed by atoms with Crippen LogP contribution in [0.3, 0.4) is 0 Å². The normalized spacial score (nSPS) is 11.7. The zero-order chi connectivity index (χ0) is 24.6. The SMILES string of the molecule is CC(=O)c1cccc(-c2nc(NCc3cccc(C(F)(F)F)c3)c3ncn(-c4ccsc4)c3n2)c1. The minimum atomic E-state index is -4.42. The van der Waals surface area contributed by atoms with Crippen LogP contribution in [0.4, 0.5) is 19.0 Å². The van der Waals surface area contributed by atoms with Gasteiger partial charge in [0.2, 0.25) is 0 Å². The van der Waals surface area contributed by atoms with Gasteiger partial charge < -0.3 is 5.32 Å². The molecule has 0 aliphatic carbocycles. The van der Waals surface area contributed by atoms with E-state index in [2.05, 4.69) is 15.3 Å². The number of nitrogens with zero attached hydrogens (tertiary/aromatic N) is 4. The number of thiophene rings is 1. The summed E-state index contributed by atoms with van der Waals surface area (Å²) in [5, 5.41) is 7.02. The lowest BCUT2D eigenvalue weighted by molar-refractivity contribution is -0.137. The fourth-order valence-corrected chi connectivity index (χ4v) is 4.28. The van der Waals surface area contributed by atoms with Crippen LogP contribution in [0.5, 0.6) is 0 Å². The van der Waals surface area contributed by atoms with Gasteiger partial charge in [0, 0.05) is 23.1 Å². The van der Waals surface area contributed by atoms with E-state index < -0.39 is 11.7 Å². The summed E-state index contributed by atoms with van der Waals surface area (Å²) in [6, 6.07) is 14.0. The molecule has 10 heteroatoms. The summed E-state index contributed by atoms with van der Waals surface area (Å²) in [7, 11) is 0. The van der Waals surface area contributed by atoms with Gasteiger partial charge in [-0.25, -0.2) is 15.0 Å². The first kappa shape index (κ1) is 22.7. The van der Waals surface area contributed by atoms with Crippen LogP contribution in [0.2, 0.25) is 0 Å². The second-order valence-corrected chi connectivity index (χ2v) is 8.63. The van der Waals surface area contributed by atoms with E-state index in [1.165, 1.54) is 24.3 Å². The summed E-state index contributed by atoms with van der Waals surface area (Å²) in [6.07, 6.45) is -2.79. The van der Waals surface area contributed by atoms with Crippen molar-refractivity contribution in [3.05, 3.63) is 88.4 Å². The number of benzene rings is 2. The van der Waals surface area contributed by atoms with E-state index in [1.807, 2.05) is 21.4 Å². The average Bonchev–Trinajstić information content (AvgIpc) is 3.52. The Morgan fingerprint density at radius 2 is 1.91 bits per heavy atom. The maximum Gasteiger partial charge on any atom is 0.416 e. The Labute approximate surface area is 202 Å². The van der Waals surface area contributed by atoms with Gasteiger partial charge in [-0.1, -0.05) is 30.3 Å². The fourth-order valence-electron chi connectivity index (χ4n) is 3.66. The number of nitrogens with one attached hydrogen (secondary N) is 1. The molecule has 176 valence electrons. The summed E-state index contributed by atoms with van der Waals surface area (Å²) in [5.74, 6) is 0.660. The van der Waals surface area contributed by atoms with Crippen LogP contribution >= 0.6 is 11.3 Å². The number of hydrogen-bond donors (Lipinski definition) is 1. The highest BCUT2D eigenvalue weighted by atomic mass is 32.1. The molecule has 0 bridgehead atoms. The molecule has 5 aromatic rings. The number of ketones is 1. The number of carbonyl (C=O) groups excluding carboxylic acids is 1. The Balaban J connectivity index is 1.59. The predicted molar refractivity (Wildman–Crippen MR) is 129 cm³/mol. The zero-order valence-electron chi connectivity index (χ0n) is 18.4. The molecule has 0 saturated heterocycles. The lowest BCUT2D eigenvalue weighted by atomic mass is 10.1. The molecule has 0 aliphatic heterocycles. The summed E-state index contributed by atoms with van der Waals surface area (Å²) >= 11 is 1.53. The monoisotopic (exact) mass is 493 g/mol. The first-order valence-electron chi connectivity index (χ1n) is 10.6. The summed E-state index contributed by atoms with van der Waals surface area (Å²) < 4.78 is 41.2. The van der Waals surface area contributed by atoms with Crippen LogP contribution in [0.25, 0.3) is 28.2 Å². The van der Waals surface area contributed by atoms with E-state index in [1.54, 1.807) is 36.7 Å². The van der Waals surface area contributed by atoms with Crippen molar-refractivity contribution in [2.45, 2.75) is 19.6 Å². The maximum atomic E-state index is 13.1. The van der Waals surface area contributed by atoms with Crippen LogP contribution in [0.1, 0.15) is 28.4 Å². The highest BCUT2D eigenvalue weighted by molar-refractivity contribution is 7.08. The van der Waals surface area contributed by atoms with E-state index in [0.29, 0.717) is 39.5 Å². The molecule has 1 N–H and O–H groups in total. The highest BCUT2D eigenvalue weighted by Crippen LogP contribution is 2.31. The summed E-state index contributed by atoms with van der Waals surface area (Å²) in [5.41, 5.74) is 2.79. The van der Waals surface area contributed by atoms with Gasteiger partial charge in [0.15, 0.2) is 28.6 Å². The number of carbonyl (C=O) groups is 1. The number of hydrogen-bond acceptors (Lipinski definition) is 6. The van der Waals surface area contributed by atoms with E-state index in [9.17, 15) is 18.0 Å². The van der Waals surface area contributed by atoms with Crippen LogP contribution in [0.15, 0.2) is 71.7 Å². The van der Waals surface area contributed by atoms with Gasteiger partial charge >= 0.3 is 6.18 Å². The first-order valence-corrected chi connectivity index (χ1v) is 11.5. The second-order valence-electron chi connectivity index (χ2n) is 7.85. The van der Waals surface area contributed by atoms with Crippen molar-refractivity contribution in [3.8, 4) is 17.1 Å². The molecule has 0 unspecified atom stereocenters. The number of fused-ring (bicyclic) bond motifs is 1. The van der Waals surface area contributed by atoms with Gasteiger partial charge in [0.05, 0.1) is 11.3 Å². The highest BCUT2D eigenvalue weighted by Gasteiger charge is 2.30. The smallest absolute Gasteiger partial charge is 0.364 e. The predicted octanol–water partition coefficient (Wildman–Crippen LogP) is 6.38. The van der Waals surface area contributed by atoms with Crippen LogP contribution in [-0.4, -0.2) is 25.3 Å². The summed E-state index contributed by atoms with van der Waals surface area (Å²) in [4.78, 5) is 25.7. The molecule has 6 nitrogen and oxygen atoms in total. The molecule has 0 radical (unpaired) electrons. The quantitative estimate of drug-likeness (QED) is 0.278. The van der Waals surface area contributed by atoms with Gasteiger partial charge in [-0.2, -0.15) is 24.5 Å². The number of anilines is 1. The van der Waals surface area contributed by atoms with E-state index >= 15 is 0 Å². The molecule has 0 saturated carbocycles. The molecule has 0 fully saturated rings. The lowest BCUT2D eigenvalue weighted by Crippen LogP contribution is -2.08. The van der Waals surface area contributed by atoms with Gasteiger partial charge in [-0.05, 0) is 42.1 Å². The topological polar surface area (TPSA) is 72.7 Å². The van der Waals surface area contributed by atoms with Crippen molar-refractivity contribution < 1.29 is 18.0 Å². The Morgan fingerprint density at radius 1 is 1.09 bits per heavy atom. The van der Waals surface area contributed by atoms with Crippen molar-refractivity contribution in [1.29, 1.82) is 0 Å². The number of Topliss-reactive ketones (excluding diaryl/α,β-unsaturated/α-hetero) is 1. The van der Waals surface area contributed by atoms with Crippen molar-refractivity contribution in [1.82, 2.24) is 19.5 Å². The Kier molecular flexibility index (Phi) is 5.81. The second kappa shape index (κ2) is 8.95. The Hall–Kier alpha value is -4.05. The minimum Gasteiger partial charge on any atom is -0.364 e. The van der Waals surface area contributed by atoms with Gasteiger partial charge in [-0.15, -0.1) is 0 Å². The molecule has 3 heterocycles. The van der Waals surface area contributed by atoms with E-state index in [0.717, 1.165) is 17.8 Å². The molecule has 0 aliphatic rings. The molecule has 0 atom stereocenters. The van der Waals surface area contributed by atoms with Gasteiger partial charge in [0.25, 0.3) is 0 Å². The molecular formula is C25H18F3N5OS. The van der Waals surface area contributed by atoms with Gasteiger partial charge in [0.1, 0.15) is 6.33 Å². The van der Waals surface area contributed by atoms with Gasteiger partial charge in [-0.3, -0.25) is 9.36 Å². The lowest BCUT2D eigenvalue weighted by Gasteiger charge is -2.12. The number of rotatable bonds is 6. The summed E-state index contributed by atoms with van der Waals surface area (Å²) in [6.45, 7) is 1.59. The maximum absolute atomic E-state index is 13.1. The van der Waals surface area contributed by atoms with Crippen molar-refractivity contribution >= 4 is 34.1 Å². The minimum absolute atomic E-state index is 0.0841. The number of alkyl halides is 3.